The van der Waals surface area contributed by atoms with Crippen molar-refractivity contribution in [3.05, 3.63) is 53.1 Å². The average molecular weight is 463 g/mol. The summed E-state index contributed by atoms with van der Waals surface area (Å²) in [5, 5.41) is 3.10. The van der Waals surface area contributed by atoms with Gasteiger partial charge in [0.15, 0.2) is 0 Å². The quantitative estimate of drug-likeness (QED) is 0.378. The summed E-state index contributed by atoms with van der Waals surface area (Å²) in [4.78, 5) is 23.8. The molecule has 0 atom stereocenters. The van der Waals surface area contributed by atoms with Gasteiger partial charge in [0.2, 0.25) is 0 Å². The molecule has 1 aliphatic rings. The summed E-state index contributed by atoms with van der Waals surface area (Å²) in [6.45, 7) is 2.53. The highest BCUT2D eigenvalue weighted by atomic mass is 19.4. The first-order valence-corrected chi connectivity index (χ1v) is 11.0. The molecule has 2 aromatic carbocycles. The molecule has 1 fully saturated rings. The summed E-state index contributed by atoms with van der Waals surface area (Å²) >= 11 is 0. The predicted molar refractivity (Wildman–Crippen MR) is 118 cm³/mol. The van der Waals surface area contributed by atoms with Gasteiger partial charge in [0.25, 0.3) is 0 Å². The van der Waals surface area contributed by atoms with Crippen LogP contribution in [-0.4, -0.2) is 32.0 Å². The SMILES string of the molecule is CCOC(=O)Cc1ccc(OC)c(-c2ccc(C(F)(F)F)cc2CNCCC(=O)C2CC2)c1. The number of benzene rings is 2. The lowest BCUT2D eigenvalue weighted by Crippen LogP contribution is -2.19. The summed E-state index contributed by atoms with van der Waals surface area (Å²) in [7, 11) is 1.48. The third kappa shape index (κ3) is 6.81. The molecule has 0 aromatic heterocycles. The van der Waals surface area contributed by atoms with E-state index in [2.05, 4.69) is 5.32 Å². The maximum Gasteiger partial charge on any atom is 0.416 e. The molecule has 1 aliphatic carbocycles. The summed E-state index contributed by atoms with van der Waals surface area (Å²) in [5.41, 5.74) is 1.48. The minimum Gasteiger partial charge on any atom is -0.496 e. The number of ketones is 1. The van der Waals surface area contributed by atoms with E-state index in [4.69, 9.17) is 9.47 Å². The van der Waals surface area contributed by atoms with Crippen molar-refractivity contribution >= 4 is 11.8 Å². The number of carbonyl (C=O) groups is 2. The number of halogens is 3. The zero-order chi connectivity index (χ0) is 24.0. The highest BCUT2D eigenvalue weighted by Crippen LogP contribution is 2.37. The van der Waals surface area contributed by atoms with Crippen molar-refractivity contribution in [1.82, 2.24) is 5.32 Å². The van der Waals surface area contributed by atoms with Gasteiger partial charge in [-0.1, -0.05) is 12.1 Å². The van der Waals surface area contributed by atoms with Gasteiger partial charge in [0.05, 0.1) is 25.7 Å². The highest BCUT2D eigenvalue weighted by Gasteiger charge is 2.31. The molecule has 1 saturated carbocycles. The average Bonchev–Trinajstić information content (AvgIpc) is 3.61. The summed E-state index contributed by atoms with van der Waals surface area (Å²) in [5.74, 6) is 0.443. The van der Waals surface area contributed by atoms with Crippen molar-refractivity contribution in [3.63, 3.8) is 0 Å². The molecule has 0 unspecified atom stereocenters. The first-order chi connectivity index (χ1) is 15.7. The van der Waals surface area contributed by atoms with Crippen LogP contribution in [0, 0.1) is 5.92 Å². The lowest BCUT2D eigenvalue weighted by molar-refractivity contribution is -0.142. The predicted octanol–water partition coefficient (Wildman–Crippen LogP) is 4.95. The Kier molecular flexibility index (Phi) is 8.13. The van der Waals surface area contributed by atoms with E-state index in [1.54, 1.807) is 25.1 Å². The van der Waals surface area contributed by atoms with Gasteiger partial charge in [0, 0.05) is 31.0 Å². The number of alkyl halides is 3. The van der Waals surface area contributed by atoms with Crippen molar-refractivity contribution < 1.29 is 32.2 Å². The van der Waals surface area contributed by atoms with Crippen LogP contribution in [0.15, 0.2) is 36.4 Å². The van der Waals surface area contributed by atoms with Gasteiger partial charge in [-0.05, 0) is 60.7 Å². The third-order valence-corrected chi connectivity index (χ3v) is 5.54. The van der Waals surface area contributed by atoms with Crippen molar-refractivity contribution in [2.45, 2.75) is 45.3 Å². The van der Waals surface area contributed by atoms with Crippen LogP contribution < -0.4 is 10.1 Å². The van der Waals surface area contributed by atoms with E-state index in [1.807, 2.05) is 0 Å². The second-order valence-corrected chi connectivity index (χ2v) is 8.05. The van der Waals surface area contributed by atoms with E-state index in [0.717, 1.165) is 25.0 Å². The van der Waals surface area contributed by atoms with Gasteiger partial charge < -0.3 is 14.8 Å². The van der Waals surface area contributed by atoms with Crippen LogP contribution in [0.4, 0.5) is 13.2 Å². The molecule has 33 heavy (non-hydrogen) atoms. The number of hydrogen-bond donors (Lipinski definition) is 1. The fourth-order valence-electron chi connectivity index (χ4n) is 3.68. The molecule has 0 bridgehead atoms. The number of Topliss-reactive ketones (excluding diaryl/α,β-unsaturated/α-hetero) is 1. The molecule has 0 saturated heterocycles. The molecule has 1 N–H and O–H groups in total. The fraction of sp³-hybridized carbons (Fsp3) is 0.440. The van der Waals surface area contributed by atoms with Gasteiger partial charge in [-0.2, -0.15) is 13.2 Å². The molecule has 8 heteroatoms. The summed E-state index contributed by atoms with van der Waals surface area (Å²) in [6.07, 6.45) is -2.22. The Morgan fingerprint density at radius 1 is 1.09 bits per heavy atom. The van der Waals surface area contributed by atoms with E-state index >= 15 is 0 Å². The Labute approximate surface area is 191 Å². The number of hydrogen-bond acceptors (Lipinski definition) is 5. The topological polar surface area (TPSA) is 64.6 Å². The molecule has 0 spiro atoms. The first-order valence-electron chi connectivity index (χ1n) is 11.0. The molecule has 5 nitrogen and oxygen atoms in total. The minimum absolute atomic E-state index is 0.0440. The number of methoxy groups -OCH3 is 1. The molecule has 0 radical (unpaired) electrons. The van der Waals surface area contributed by atoms with Crippen molar-refractivity contribution in [2.24, 2.45) is 5.92 Å². The number of nitrogens with one attached hydrogen (secondary N) is 1. The van der Waals surface area contributed by atoms with E-state index in [0.29, 0.717) is 41.0 Å². The normalized spacial score (nSPS) is 13.6. The molecule has 0 heterocycles. The molecular weight excluding hydrogens is 435 g/mol. The van der Waals surface area contributed by atoms with Crippen molar-refractivity contribution in [1.29, 1.82) is 0 Å². The molecule has 2 aromatic rings. The Bertz CT molecular complexity index is 1000. The zero-order valence-electron chi connectivity index (χ0n) is 18.8. The van der Waals surface area contributed by atoms with Gasteiger partial charge in [-0.15, -0.1) is 0 Å². The van der Waals surface area contributed by atoms with Crippen LogP contribution in [0.5, 0.6) is 5.75 Å². The van der Waals surface area contributed by atoms with Crippen LogP contribution in [-0.2, 0) is 33.5 Å². The smallest absolute Gasteiger partial charge is 0.416 e. The monoisotopic (exact) mass is 463 g/mol. The standard InChI is InChI=1S/C25H28F3NO4/c1-3-33-24(31)13-16-4-9-23(32-2)21(12-16)20-8-7-19(25(26,27)28)14-18(20)15-29-11-10-22(30)17-5-6-17/h4,7-9,12,14,17,29H,3,5-6,10-11,13,15H2,1-2H3. The number of carbonyl (C=O) groups excluding carboxylic acids is 2. The maximum absolute atomic E-state index is 13.4. The van der Waals surface area contributed by atoms with Crippen LogP contribution in [0.2, 0.25) is 0 Å². The Hall–Kier alpha value is -2.87. The number of rotatable bonds is 11. The Morgan fingerprint density at radius 2 is 1.85 bits per heavy atom. The second kappa shape index (κ2) is 10.8. The van der Waals surface area contributed by atoms with Gasteiger partial charge in [-0.25, -0.2) is 0 Å². The van der Waals surface area contributed by atoms with Gasteiger partial charge in [-0.3, -0.25) is 9.59 Å². The lowest BCUT2D eigenvalue weighted by Gasteiger charge is -2.17. The van der Waals surface area contributed by atoms with Crippen LogP contribution in [0.3, 0.4) is 0 Å². The molecule has 0 amide bonds. The van der Waals surface area contributed by atoms with Crippen LogP contribution in [0.25, 0.3) is 11.1 Å². The molecular formula is C25H28F3NO4. The van der Waals surface area contributed by atoms with E-state index in [-0.39, 0.29) is 37.2 Å². The Balaban J connectivity index is 1.89. The maximum atomic E-state index is 13.4. The molecule has 178 valence electrons. The zero-order valence-corrected chi connectivity index (χ0v) is 18.8. The largest absolute Gasteiger partial charge is 0.496 e. The van der Waals surface area contributed by atoms with Crippen molar-refractivity contribution in [2.75, 3.05) is 20.3 Å². The van der Waals surface area contributed by atoms with Crippen molar-refractivity contribution in [3.8, 4) is 16.9 Å². The number of esters is 1. The lowest BCUT2D eigenvalue weighted by atomic mass is 9.94. The first kappa shape index (κ1) is 24.8. The molecule has 3 rings (SSSR count). The highest BCUT2D eigenvalue weighted by molar-refractivity contribution is 5.83. The second-order valence-electron chi connectivity index (χ2n) is 8.05. The minimum atomic E-state index is -4.48. The van der Waals surface area contributed by atoms with E-state index in [1.165, 1.54) is 13.2 Å². The van der Waals surface area contributed by atoms with E-state index < -0.39 is 11.7 Å². The summed E-state index contributed by atoms with van der Waals surface area (Å²) in [6, 6.07) is 8.72. The third-order valence-electron chi connectivity index (χ3n) is 5.54. The Morgan fingerprint density at radius 3 is 2.48 bits per heavy atom. The van der Waals surface area contributed by atoms with E-state index in [9.17, 15) is 22.8 Å². The van der Waals surface area contributed by atoms with Gasteiger partial charge >= 0.3 is 12.1 Å². The van der Waals surface area contributed by atoms with Crippen LogP contribution in [0.1, 0.15) is 42.9 Å². The summed E-state index contributed by atoms with van der Waals surface area (Å²) < 4.78 is 50.6. The van der Waals surface area contributed by atoms with Crippen LogP contribution >= 0.6 is 0 Å². The van der Waals surface area contributed by atoms with Gasteiger partial charge in [0.1, 0.15) is 11.5 Å². The number of ether oxygens (including phenoxy) is 2. The fourth-order valence-corrected chi connectivity index (χ4v) is 3.68. The molecule has 0 aliphatic heterocycles.